The van der Waals surface area contributed by atoms with E-state index in [1.165, 1.54) is 0 Å². The van der Waals surface area contributed by atoms with Gasteiger partial charge in [-0.2, -0.15) is 0 Å². The minimum atomic E-state index is -2.89. The molecule has 1 aliphatic rings. The average Bonchev–Trinajstić information content (AvgIpc) is 2.32. The molecule has 0 amide bonds. The first-order chi connectivity index (χ1) is 9.00. The second-order valence-electron chi connectivity index (χ2n) is 5.03. The third-order valence-electron chi connectivity index (χ3n) is 3.26. The van der Waals surface area contributed by atoms with Crippen LogP contribution in [0.3, 0.4) is 0 Å². The molecule has 106 valence electrons. The first-order valence-corrected chi connectivity index (χ1v) is 8.53. The molecule has 1 aromatic rings. The van der Waals surface area contributed by atoms with Gasteiger partial charge in [-0.1, -0.05) is 6.07 Å². The molecule has 0 saturated carbocycles. The summed E-state index contributed by atoms with van der Waals surface area (Å²) in [5, 5.41) is 3.31. The lowest BCUT2D eigenvalue weighted by Gasteiger charge is -2.25. The molecule has 0 aliphatic carbocycles. The molecule has 2 rings (SSSR count). The van der Waals surface area contributed by atoms with Crippen LogP contribution in [0.25, 0.3) is 0 Å². The Hall–Kier alpha value is -1.23. The standard InChI is InChI=1S/C14H21NO3S/c1-3-18-14-9-11(2)6-7-13(14)15-12-5-4-8-19(16,17)10-12/h6-7,9,12,15H,3-5,8,10H2,1-2H3. The quantitative estimate of drug-likeness (QED) is 0.922. The molecule has 1 aromatic carbocycles. The highest BCUT2D eigenvalue weighted by Crippen LogP contribution is 2.28. The maximum absolute atomic E-state index is 11.6. The van der Waals surface area contributed by atoms with Crippen LogP contribution in [-0.2, 0) is 9.84 Å². The number of ether oxygens (including phenoxy) is 1. The van der Waals surface area contributed by atoms with Crippen LogP contribution in [0, 0.1) is 6.92 Å². The molecule has 0 aromatic heterocycles. The Morgan fingerprint density at radius 1 is 1.42 bits per heavy atom. The highest BCUT2D eigenvalue weighted by Gasteiger charge is 2.25. The van der Waals surface area contributed by atoms with Gasteiger partial charge in [-0.25, -0.2) is 8.42 Å². The largest absolute Gasteiger partial charge is 0.492 e. The van der Waals surface area contributed by atoms with E-state index in [0.29, 0.717) is 12.4 Å². The summed E-state index contributed by atoms with van der Waals surface area (Å²) < 4.78 is 28.9. The number of anilines is 1. The van der Waals surface area contributed by atoms with Crippen LogP contribution < -0.4 is 10.1 Å². The minimum Gasteiger partial charge on any atom is -0.492 e. The molecular weight excluding hydrogens is 262 g/mol. The summed E-state index contributed by atoms with van der Waals surface area (Å²) in [6.07, 6.45) is 1.62. The highest BCUT2D eigenvalue weighted by atomic mass is 32.2. The van der Waals surface area contributed by atoms with Crippen LogP contribution in [0.1, 0.15) is 25.3 Å². The van der Waals surface area contributed by atoms with Crippen LogP contribution in [0.4, 0.5) is 5.69 Å². The van der Waals surface area contributed by atoms with Gasteiger partial charge in [-0.05, 0) is 44.4 Å². The molecule has 0 bridgehead atoms. The first kappa shape index (κ1) is 14.2. The van der Waals surface area contributed by atoms with Gasteiger partial charge in [0.25, 0.3) is 0 Å². The van der Waals surface area contributed by atoms with Crippen molar-refractivity contribution in [1.29, 1.82) is 0 Å². The van der Waals surface area contributed by atoms with E-state index in [1.54, 1.807) is 0 Å². The summed E-state index contributed by atoms with van der Waals surface area (Å²) in [7, 11) is -2.89. The number of nitrogens with one attached hydrogen (secondary N) is 1. The van der Waals surface area contributed by atoms with E-state index in [9.17, 15) is 8.42 Å². The third-order valence-corrected chi connectivity index (χ3v) is 5.08. The molecule has 0 radical (unpaired) electrons. The molecule has 1 N–H and O–H groups in total. The van der Waals surface area contributed by atoms with Gasteiger partial charge in [0.05, 0.1) is 23.8 Å². The number of rotatable bonds is 4. The molecule has 1 fully saturated rings. The van der Waals surface area contributed by atoms with Crippen molar-refractivity contribution in [3.05, 3.63) is 23.8 Å². The van der Waals surface area contributed by atoms with E-state index in [4.69, 9.17) is 4.74 Å². The maximum Gasteiger partial charge on any atom is 0.152 e. The maximum atomic E-state index is 11.6. The summed E-state index contributed by atoms with van der Waals surface area (Å²) >= 11 is 0. The summed E-state index contributed by atoms with van der Waals surface area (Å²) in [6.45, 7) is 4.55. The molecule has 1 saturated heterocycles. The molecular formula is C14H21NO3S. The lowest BCUT2D eigenvalue weighted by atomic mass is 10.1. The van der Waals surface area contributed by atoms with Crippen molar-refractivity contribution in [1.82, 2.24) is 0 Å². The van der Waals surface area contributed by atoms with Crippen LogP contribution in [0.5, 0.6) is 5.75 Å². The van der Waals surface area contributed by atoms with Crippen molar-refractivity contribution in [2.45, 2.75) is 32.7 Å². The zero-order chi connectivity index (χ0) is 13.9. The van der Waals surface area contributed by atoms with Gasteiger partial charge in [0.2, 0.25) is 0 Å². The Balaban J connectivity index is 2.14. The van der Waals surface area contributed by atoms with Crippen LogP contribution in [-0.4, -0.2) is 32.6 Å². The van der Waals surface area contributed by atoms with Crippen molar-refractivity contribution in [3.63, 3.8) is 0 Å². The van der Waals surface area contributed by atoms with Crippen molar-refractivity contribution in [2.75, 3.05) is 23.4 Å². The third kappa shape index (κ3) is 3.86. The number of hydrogen-bond donors (Lipinski definition) is 1. The molecule has 1 aliphatic heterocycles. The lowest BCUT2D eigenvalue weighted by molar-refractivity contribution is 0.341. The van der Waals surface area contributed by atoms with Gasteiger partial charge in [-0.3, -0.25) is 0 Å². The van der Waals surface area contributed by atoms with Crippen LogP contribution in [0.15, 0.2) is 18.2 Å². The second kappa shape index (κ2) is 5.82. The van der Waals surface area contributed by atoms with Crippen molar-refractivity contribution in [2.24, 2.45) is 0 Å². The summed E-state index contributed by atoms with van der Waals surface area (Å²) in [5.41, 5.74) is 2.01. The van der Waals surface area contributed by atoms with Crippen LogP contribution in [0.2, 0.25) is 0 Å². The molecule has 19 heavy (non-hydrogen) atoms. The van der Waals surface area contributed by atoms with Crippen molar-refractivity contribution >= 4 is 15.5 Å². The van der Waals surface area contributed by atoms with E-state index >= 15 is 0 Å². The highest BCUT2D eigenvalue weighted by molar-refractivity contribution is 7.91. The predicted molar refractivity (Wildman–Crippen MR) is 77.6 cm³/mol. The Bertz CT molecular complexity index is 540. The van der Waals surface area contributed by atoms with E-state index in [2.05, 4.69) is 5.32 Å². The predicted octanol–water partition coefficient (Wildman–Crippen LogP) is 2.38. The van der Waals surface area contributed by atoms with Gasteiger partial charge in [0, 0.05) is 6.04 Å². The van der Waals surface area contributed by atoms with E-state index in [1.807, 2.05) is 32.0 Å². The summed E-state index contributed by atoms with van der Waals surface area (Å²) in [4.78, 5) is 0. The van der Waals surface area contributed by atoms with Gasteiger partial charge in [-0.15, -0.1) is 0 Å². The summed E-state index contributed by atoms with van der Waals surface area (Å²) in [6, 6.07) is 5.92. The fourth-order valence-corrected chi connectivity index (χ4v) is 4.02. The number of aryl methyl sites for hydroxylation is 1. The van der Waals surface area contributed by atoms with E-state index in [0.717, 1.165) is 29.8 Å². The van der Waals surface area contributed by atoms with Crippen molar-refractivity contribution < 1.29 is 13.2 Å². The van der Waals surface area contributed by atoms with Gasteiger partial charge in [0.1, 0.15) is 5.75 Å². The zero-order valence-corrected chi connectivity index (χ0v) is 12.3. The average molecular weight is 283 g/mol. The fraction of sp³-hybridized carbons (Fsp3) is 0.571. The topological polar surface area (TPSA) is 55.4 Å². The van der Waals surface area contributed by atoms with Gasteiger partial charge >= 0.3 is 0 Å². The molecule has 5 heteroatoms. The molecule has 1 atom stereocenters. The normalized spacial score (nSPS) is 21.9. The Kier molecular flexibility index (Phi) is 4.34. The Morgan fingerprint density at radius 2 is 2.21 bits per heavy atom. The van der Waals surface area contributed by atoms with Crippen molar-refractivity contribution in [3.8, 4) is 5.75 Å². The Labute approximate surface area is 115 Å². The Morgan fingerprint density at radius 3 is 2.89 bits per heavy atom. The van der Waals surface area contributed by atoms with Gasteiger partial charge in [0.15, 0.2) is 9.84 Å². The first-order valence-electron chi connectivity index (χ1n) is 6.70. The minimum absolute atomic E-state index is 0.0133. The zero-order valence-electron chi connectivity index (χ0n) is 11.5. The molecule has 1 unspecified atom stereocenters. The van der Waals surface area contributed by atoms with E-state index < -0.39 is 9.84 Å². The monoisotopic (exact) mass is 283 g/mol. The molecule has 4 nitrogen and oxygen atoms in total. The summed E-state index contributed by atoms with van der Waals surface area (Å²) in [5.74, 6) is 1.33. The fourth-order valence-electron chi connectivity index (χ4n) is 2.38. The smallest absolute Gasteiger partial charge is 0.152 e. The van der Waals surface area contributed by atoms with Gasteiger partial charge < -0.3 is 10.1 Å². The van der Waals surface area contributed by atoms with Crippen LogP contribution >= 0.6 is 0 Å². The SMILES string of the molecule is CCOc1cc(C)ccc1NC1CCCS(=O)(=O)C1. The lowest BCUT2D eigenvalue weighted by Crippen LogP contribution is -2.34. The number of sulfone groups is 1. The second-order valence-corrected chi connectivity index (χ2v) is 7.26. The molecule has 1 heterocycles. The van der Waals surface area contributed by atoms with E-state index in [-0.39, 0.29) is 11.8 Å². The number of hydrogen-bond acceptors (Lipinski definition) is 4. The molecule has 0 spiro atoms. The number of benzene rings is 1.